The largest absolute Gasteiger partial charge is 0.224 e. The molecule has 0 N–H and O–H groups in total. The van der Waals surface area contributed by atoms with Gasteiger partial charge < -0.3 is 0 Å². The molecule has 0 aromatic heterocycles. The van der Waals surface area contributed by atoms with Crippen LogP contribution in [-0.4, -0.2) is 14.2 Å². The summed E-state index contributed by atoms with van der Waals surface area (Å²) >= 11 is 5.79. The Bertz CT molecular complexity index is 389. The van der Waals surface area contributed by atoms with Crippen molar-refractivity contribution in [3.63, 3.8) is 0 Å². The van der Waals surface area contributed by atoms with Crippen molar-refractivity contribution in [3.05, 3.63) is 35.7 Å². The third-order valence-corrected chi connectivity index (χ3v) is 3.87. The average Bonchev–Trinajstić information content (AvgIpc) is 2.03. The lowest BCUT2D eigenvalue weighted by Gasteiger charge is -2.06. The number of halogens is 1. The molecule has 0 saturated heterocycles. The topological polar surface area (TPSA) is 34.1 Å². The molecule has 0 fully saturated rings. The number of hydrogen-bond donors (Lipinski definition) is 0. The molecule has 0 atom stereocenters. The van der Waals surface area contributed by atoms with E-state index in [-0.39, 0.29) is 15.7 Å². The molecule has 0 bridgehead atoms. The van der Waals surface area contributed by atoms with Crippen LogP contribution < -0.4 is 0 Å². The fraction of sp³-hybridized carbons (Fsp3) is 0.222. The van der Waals surface area contributed by atoms with E-state index < -0.39 is 9.84 Å². The SMILES string of the molecule is [CH2]CS(=O)(=O)c1c(C)cccc1Cl. The summed E-state index contributed by atoms with van der Waals surface area (Å²) in [6.07, 6.45) is 0. The fourth-order valence-electron chi connectivity index (χ4n) is 1.11. The van der Waals surface area contributed by atoms with Crippen LogP contribution >= 0.6 is 11.6 Å². The summed E-state index contributed by atoms with van der Waals surface area (Å²) in [6.45, 7) is 5.09. The summed E-state index contributed by atoms with van der Waals surface area (Å²) in [4.78, 5) is 0.201. The van der Waals surface area contributed by atoms with Gasteiger partial charge >= 0.3 is 0 Å². The normalized spacial score (nSPS) is 11.6. The molecule has 0 saturated carbocycles. The molecule has 1 aromatic rings. The van der Waals surface area contributed by atoms with Gasteiger partial charge in [-0.1, -0.05) is 23.7 Å². The fourth-order valence-corrected chi connectivity index (χ4v) is 2.81. The van der Waals surface area contributed by atoms with Gasteiger partial charge in [0.05, 0.1) is 15.7 Å². The maximum absolute atomic E-state index is 11.5. The highest BCUT2D eigenvalue weighted by atomic mass is 35.5. The Morgan fingerprint density at radius 2 is 2.08 bits per heavy atom. The highest BCUT2D eigenvalue weighted by molar-refractivity contribution is 7.91. The Hall–Kier alpha value is -0.540. The second-order valence-electron chi connectivity index (χ2n) is 2.70. The molecule has 0 amide bonds. The van der Waals surface area contributed by atoms with Crippen LogP contribution in [0.2, 0.25) is 5.02 Å². The van der Waals surface area contributed by atoms with E-state index in [4.69, 9.17) is 11.6 Å². The lowest BCUT2D eigenvalue weighted by atomic mass is 10.2. The number of rotatable bonds is 2. The molecule has 13 heavy (non-hydrogen) atoms. The van der Waals surface area contributed by atoms with Crippen LogP contribution in [0.25, 0.3) is 0 Å². The summed E-state index contributed by atoms with van der Waals surface area (Å²) in [5.41, 5.74) is 0.663. The van der Waals surface area contributed by atoms with Gasteiger partial charge in [-0.05, 0) is 25.5 Å². The van der Waals surface area contributed by atoms with Gasteiger partial charge in [0.1, 0.15) is 0 Å². The van der Waals surface area contributed by atoms with Gasteiger partial charge in [-0.15, -0.1) is 0 Å². The number of aryl methyl sites for hydroxylation is 1. The smallest absolute Gasteiger partial charge is 0.180 e. The zero-order valence-corrected chi connectivity index (χ0v) is 8.82. The van der Waals surface area contributed by atoms with Crippen LogP contribution in [0.15, 0.2) is 23.1 Å². The van der Waals surface area contributed by atoms with Gasteiger partial charge in [0.2, 0.25) is 0 Å². The van der Waals surface area contributed by atoms with E-state index in [0.717, 1.165) is 0 Å². The van der Waals surface area contributed by atoms with Crippen LogP contribution in [0.1, 0.15) is 5.56 Å². The van der Waals surface area contributed by atoms with Crippen molar-refractivity contribution in [3.8, 4) is 0 Å². The molecule has 0 aliphatic carbocycles. The summed E-state index contributed by atoms with van der Waals surface area (Å²) in [5.74, 6) is -0.169. The Kier molecular flexibility index (Phi) is 2.98. The van der Waals surface area contributed by atoms with E-state index in [9.17, 15) is 8.42 Å². The molecule has 4 heteroatoms. The number of benzene rings is 1. The lowest BCUT2D eigenvalue weighted by Crippen LogP contribution is -2.06. The van der Waals surface area contributed by atoms with Gasteiger partial charge in [0, 0.05) is 0 Å². The van der Waals surface area contributed by atoms with E-state index in [2.05, 4.69) is 6.92 Å². The van der Waals surface area contributed by atoms with Crippen LogP contribution in [0.5, 0.6) is 0 Å². The van der Waals surface area contributed by atoms with E-state index in [1.54, 1.807) is 25.1 Å². The molecule has 1 radical (unpaired) electrons. The van der Waals surface area contributed by atoms with E-state index in [1.807, 2.05) is 0 Å². The Labute approximate surface area is 83.5 Å². The van der Waals surface area contributed by atoms with E-state index in [1.165, 1.54) is 0 Å². The molecule has 0 heterocycles. The quantitative estimate of drug-likeness (QED) is 0.762. The number of hydrogen-bond acceptors (Lipinski definition) is 2. The summed E-state index contributed by atoms with van der Waals surface area (Å²) < 4.78 is 23.0. The molecule has 0 aliphatic rings. The zero-order valence-electron chi connectivity index (χ0n) is 7.25. The predicted molar refractivity (Wildman–Crippen MR) is 53.6 cm³/mol. The van der Waals surface area contributed by atoms with Crippen LogP contribution in [0, 0.1) is 13.8 Å². The third kappa shape index (κ3) is 2.03. The Morgan fingerprint density at radius 1 is 1.46 bits per heavy atom. The first-order valence-corrected chi connectivity index (χ1v) is 5.79. The number of sulfone groups is 1. The Morgan fingerprint density at radius 3 is 2.54 bits per heavy atom. The molecule has 1 aromatic carbocycles. The van der Waals surface area contributed by atoms with Crippen molar-refractivity contribution in [1.82, 2.24) is 0 Å². The van der Waals surface area contributed by atoms with E-state index in [0.29, 0.717) is 5.56 Å². The van der Waals surface area contributed by atoms with Crippen molar-refractivity contribution in [2.45, 2.75) is 11.8 Å². The van der Waals surface area contributed by atoms with Gasteiger partial charge in [-0.25, -0.2) is 8.42 Å². The average molecular weight is 218 g/mol. The van der Waals surface area contributed by atoms with Gasteiger partial charge in [-0.3, -0.25) is 0 Å². The molecule has 0 spiro atoms. The highest BCUT2D eigenvalue weighted by Crippen LogP contribution is 2.25. The molecular formula is C9H10ClO2S. The third-order valence-electron chi connectivity index (χ3n) is 1.74. The second-order valence-corrected chi connectivity index (χ2v) is 5.16. The van der Waals surface area contributed by atoms with Crippen LogP contribution in [0.4, 0.5) is 0 Å². The predicted octanol–water partition coefficient (Wildman–Crippen LogP) is 2.26. The van der Waals surface area contributed by atoms with Crippen LogP contribution in [0.3, 0.4) is 0 Å². The Balaban J connectivity index is 3.46. The molecule has 1 rings (SSSR count). The molecule has 71 valence electrons. The van der Waals surface area contributed by atoms with Crippen molar-refractivity contribution < 1.29 is 8.42 Å². The molecule has 0 aliphatic heterocycles. The minimum absolute atomic E-state index is 0.169. The molecular weight excluding hydrogens is 208 g/mol. The van der Waals surface area contributed by atoms with Gasteiger partial charge in [-0.2, -0.15) is 0 Å². The zero-order chi connectivity index (χ0) is 10.1. The standard InChI is InChI=1S/C9H10ClO2S/c1-3-13(11,12)9-7(2)5-4-6-8(9)10/h4-6H,1,3H2,2H3. The first kappa shape index (κ1) is 10.5. The second kappa shape index (κ2) is 3.68. The monoisotopic (exact) mass is 217 g/mol. The van der Waals surface area contributed by atoms with Crippen LogP contribution in [-0.2, 0) is 9.84 Å². The maximum atomic E-state index is 11.5. The summed E-state index contributed by atoms with van der Waals surface area (Å²) in [5, 5.41) is 0.267. The minimum Gasteiger partial charge on any atom is -0.224 e. The molecule has 0 unspecified atom stereocenters. The first-order chi connectivity index (χ1) is 5.99. The van der Waals surface area contributed by atoms with Crippen molar-refractivity contribution in [2.75, 3.05) is 5.75 Å². The first-order valence-electron chi connectivity index (χ1n) is 3.76. The van der Waals surface area contributed by atoms with E-state index >= 15 is 0 Å². The highest BCUT2D eigenvalue weighted by Gasteiger charge is 2.17. The van der Waals surface area contributed by atoms with Crippen molar-refractivity contribution in [2.24, 2.45) is 0 Å². The van der Waals surface area contributed by atoms with Gasteiger partial charge in [0.25, 0.3) is 0 Å². The van der Waals surface area contributed by atoms with Crippen molar-refractivity contribution in [1.29, 1.82) is 0 Å². The van der Waals surface area contributed by atoms with Crippen molar-refractivity contribution >= 4 is 21.4 Å². The molecule has 2 nitrogen and oxygen atoms in total. The summed E-state index contributed by atoms with van der Waals surface area (Å²) in [6, 6.07) is 5.01. The van der Waals surface area contributed by atoms with Gasteiger partial charge in [0.15, 0.2) is 9.84 Å². The lowest BCUT2D eigenvalue weighted by molar-refractivity contribution is 0.598. The minimum atomic E-state index is -3.30. The maximum Gasteiger partial charge on any atom is 0.180 e. The summed E-state index contributed by atoms with van der Waals surface area (Å²) in [7, 11) is -3.30.